The molecule has 0 aliphatic carbocycles. The fourth-order valence-electron chi connectivity index (χ4n) is 3.32. The van der Waals surface area contributed by atoms with E-state index in [1.54, 1.807) is 7.11 Å². The number of ether oxygens (including phenoxy) is 1. The highest BCUT2D eigenvalue weighted by Crippen LogP contribution is 2.23. The second-order valence-electron chi connectivity index (χ2n) is 6.66. The number of hydrogen-bond donors (Lipinski definition) is 1. The number of hydrogen-bond acceptors (Lipinski definition) is 4. The van der Waals surface area contributed by atoms with Crippen LogP contribution in [-0.2, 0) is 4.79 Å². The molecule has 0 bridgehead atoms. The van der Waals surface area contributed by atoms with Crippen LogP contribution in [0.2, 0.25) is 0 Å². The summed E-state index contributed by atoms with van der Waals surface area (Å²) in [6, 6.07) is 14.1. The summed E-state index contributed by atoms with van der Waals surface area (Å²) >= 11 is 0. The predicted octanol–water partition coefficient (Wildman–Crippen LogP) is 3.38. The Morgan fingerprint density at radius 2 is 1.85 bits per heavy atom. The number of nitrogens with zero attached hydrogens (tertiary/aromatic N) is 2. The van der Waals surface area contributed by atoms with Gasteiger partial charge in [0.2, 0.25) is 5.91 Å². The van der Waals surface area contributed by atoms with E-state index >= 15 is 0 Å². The number of methoxy groups -OCH3 is 1. The molecule has 2 aromatic carbocycles. The number of anilines is 2. The molecule has 1 aliphatic rings. The molecule has 3 rings (SSSR count). The third-order valence-electron chi connectivity index (χ3n) is 4.82. The Labute approximate surface area is 159 Å². The van der Waals surface area contributed by atoms with Gasteiger partial charge in [0.05, 0.1) is 12.8 Å². The summed E-state index contributed by atoms with van der Waals surface area (Å²) in [6.07, 6.45) is 1.46. The highest BCUT2D eigenvalue weighted by atomic mass is 19.1. The minimum Gasteiger partial charge on any atom is -0.495 e. The van der Waals surface area contributed by atoms with E-state index in [9.17, 15) is 9.18 Å². The topological polar surface area (TPSA) is 44.8 Å². The first-order valence-electron chi connectivity index (χ1n) is 9.31. The molecule has 0 spiro atoms. The summed E-state index contributed by atoms with van der Waals surface area (Å²) in [7, 11) is 1.59. The zero-order chi connectivity index (χ0) is 19.1. The standard InChI is InChI=1S/C21H26FN3O2/c1-27-20-6-3-2-5-19(20)23-21(26)11-14-24-12-4-13-25(16-15-24)18-9-7-17(22)8-10-18/h2-3,5-10H,4,11-16H2,1H3,(H,23,26). The highest BCUT2D eigenvalue weighted by Gasteiger charge is 2.16. The maximum atomic E-state index is 13.1. The Kier molecular flexibility index (Phi) is 6.65. The quantitative estimate of drug-likeness (QED) is 0.846. The molecule has 1 aliphatic heterocycles. The average Bonchev–Trinajstić information content (AvgIpc) is 2.93. The van der Waals surface area contributed by atoms with Crippen molar-refractivity contribution in [3.05, 3.63) is 54.3 Å². The summed E-state index contributed by atoms with van der Waals surface area (Å²) in [5.74, 6) is 0.436. The highest BCUT2D eigenvalue weighted by molar-refractivity contribution is 5.92. The summed E-state index contributed by atoms with van der Waals surface area (Å²) in [5, 5.41) is 2.92. The third-order valence-corrected chi connectivity index (χ3v) is 4.82. The SMILES string of the molecule is COc1ccccc1NC(=O)CCN1CCCN(c2ccc(F)cc2)CC1. The van der Waals surface area contributed by atoms with Crippen molar-refractivity contribution in [2.75, 3.05) is 50.1 Å². The molecule has 1 fully saturated rings. The maximum Gasteiger partial charge on any atom is 0.225 e. The van der Waals surface area contributed by atoms with Gasteiger partial charge < -0.3 is 19.9 Å². The van der Waals surface area contributed by atoms with Crippen LogP contribution in [0.5, 0.6) is 5.75 Å². The van der Waals surface area contributed by atoms with Gasteiger partial charge in [0.15, 0.2) is 0 Å². The van der Waals surface area contributed by atoms with Crippen LogP contribution in [0.1, 0.15) is 12.8 Å². The van der Waals surface area contributed by atoms with Crippen LogP contribution in [0.25, 0.3) is 0 Å². The lowest BCUT2D eigenvalue weighted by Crippen LogP contribution is -2.32. The monoisotopic (exact) mass is 371 g/mol. The Balaban J connectivity index is 1.47. The molecule has 1 amide bonds. The Hall–Kier alpha value is -2.60. The molecule has 1 heterocycles. The number of nitrogens with one attached hydrogen (secondary N) is 1. The minimum atomic E-state index is -0.212. The first-order chi connectivity index (χ1) is 13.2. The summed E-state index contributed by atoms with van der Waals surface area (Å²) in [5.41, 5.74) is 1.75. The second kappa shape index (κ2) is 9.37. The van der Waals surface area contributed by atoms with Crippen LogP contribution in [-0.4, -0.2) is 50.6 Å². The van der Waals surface area contributed by atoms with Crippen LogP contribution in [0.4, 0.5) is 15.8 Å². The van der Waals surface area contributed by atoms with Gasteiger partial charge in [-0.1, -0.05) is 12.1 Å². The van der Waals surface area contributed by atoms with Gasteiger partial charge in [-0.2, -0.15) is 0 Å². The molecule has 2 aromatic rings. The van der Waals surface area contributed by atoms with E-state index in [0.717, 1.165) is 44.8 Å². The van der Waals surface area contributed by atoms with Gasteiger partial charge in [-0.05, 0) is 49.4 Å². The lowest BCUT2D eigenvalue weighted by atomic mass is 10.2. The molecule has 0 atom stereocenters. The molecule has 144 valence electrons. The number of halogens is 1. The number of amides is 1. The molecule has 0 aromatic heterocycles. The smallest absolute Gasteiger partial charge is 0.225 e. The van der Waals surface area contributed by atoms with E-state index in [1.165, 1.54) is 12.1 Å². The Bertz CT molecular complexity index is 751. The zero-order valence-corrected chi connectivity index (χ0v) is 15.7. The first-order valence-corrected chi connectivity index (χ1v) is 9.31. The fourth-order valence-corrected chi connectivity index (χ4v) is 3.32. The van der Waals surface area contributed by atoms with Crippen LogP contribution in [0, 0.1) is 5.82 Å². The second-order valence-corrected chi connectivity index (χ2v) is 6.66. The molecular formula is C21H26FN3O2. The molecule has 0 unspecified atom stereocenters. The molecule has 0 radical (unpaired) electrons. The van der Waals surface area contributed by atoms with Crippen molar-refractivity contribution < 1.29 is 13.9 Å². The number of rotatable bonds is 6. The minimum absolute atomic E-state index is 0.0147. The molecule has 1 saturated heterocycles. The van der Waals surface area contributed by atoms with Gasteiger partial charge in [0.25, 0.3) is 0 Å². The molecular weight excluding hydrogens is 345 g/mol. The molecule has 6 heteroatoms. The van der Waals surface area contributed by atoms with Crippen molar-refractivity contribution in [3.8, 4) is 5.75 Å². The lowest BCUT2D eigenvalue weighted by Gasteiger charge is -2.23. The number of carbonyl (C=O) groups excluding carboxylic acids is 1. The summed E-state index contributed by atoms with van der Waals surface area (Å²) < 4.78 is 18.4. The van der Waals surface area contributed by atoms with E-state index in [2.05, 4.69) is 15.1 Å². The summed E-state index contributed by atoms with van der Waals surface area (Å²) in [4.78, 5) is 16.9. The van der Waals surface area contributed by atoms with E-state index in [0.29, 0.717) is 17.9 Å². The normalized spacial score (nSPS) is 15.3. The van der Waals surface area contributed by atoms with E-state index in [-0.39, 0.29) is 11.7 Å². The Morgan fingerprint density at radius 3 is 2.63 bits per heavy atom. The summed E-state index contributed by atoms with van der Waals surface area (Å²) in [6.45, 7) is 4.38. The molecule has 1 N–H and O–H groups in total. The number of benzene rings is 2. The van der Waals surface area contributed by atoms with Crippen LogP contribution < -0.4 is 15.0 Å². The van der Waals surface area contributed by atoms with Gasteiger partial charge in [-0.25, -0.2) is 4.39 Å². The van der Waals surface area contributed by atoms with E-state index in [4.69, 9.17) is 4.74 Å². The molecule has 27 heavy (non-hydrogen) atoms. The maximum absolute atomic E-state index is 13.1. The predicted molar refractivity (Wildman–Crippen MR) is 106 cm³/mol. The van der Waals surface area contributed by atoms with Crippen molar-refractivity contribution in [1.82, 2.24) is 4.90 Å². The van der Waals surface area contributed by atoms with Gasteiger partial charge >= 0.3 is 0 Å². The fraction of sp³-hybridized carbons (Fsp3) is 0.381. The lowest BCUT2D eigenvalue weighted by molar-refractivity contribution is -0.116. The van der Waals surface area contributed by atoms with Gasteiger partial charge in [-0.15, -0.1) is 0 Å². The van der Waals surface area contributed by atoms with Gasteiger partial charge in [0.1, 0.15) is 11.6 Å². The van der Waals surface area contributed by atoms with Gasteiger partial charge in [0, 0.05) is 38.3 Å². The van der Waals surface area contributed by atoms with Crippen molar-refractivity contribution >= 4 is 17.3 Å². The molecule has 0 saturated carbocycles. The zero-order valence-electron chi connectivity index (χ0n) is 15.7. The van der Waals surface area contributed by atoms with Crippen molar-refractivity contribution in [3.63, 3.8) is 0 Å². The van der Waals surface area contributed by atoms with E-state index < -0.39 is 0 Å². The first kappa shape index (κ1) is 19.2. The van der Waals surface area contributed by atoms with Gasteiger partial charge in [-0.3, -0.25) is 4.79 Å². The van der Waals surface area contributed by atoms with Crippen molar-refractivity contribution in [2.45, 2.75) is 12.8 Å². The van der Waals surface area contributed by atoms with Crippen molar-refractivity contribution in [1.29, 1.82) is 0 Å². The van der Waals surface area contributed by atoms with E-state index in [1.807, 2.05) is 36.4 Å². The van der Waals surface area contributed by atoms with Crippen LogP contribution in [0.15, 0.2) is 48.5 Å². The van der Waals surface area contributed by atoms with Crippen molar-refractivity contribution in [2.24, 2.45) is 0 Å². The Morgan fingerprint density at radius 1 is 1.07 bits per heavy atom. The number of para-hydroxylation sites is 2. The number of carbonyl (C=O) groups is 1. The largest absolute Gasteiger partial charge is 0.495 e. The van der Waals surface area contributed by atoms with Crippen LogP contribution in [0.3, 0.4) is 0 Å². The average molecular weight is 371 g/mol. The van der Waals surface area contributed by atoms with Crippen LogP contribution >= 0.6 is 0 Å². The molecule has 5 nitrogen and oxygen atoms in total. The third kappa shape index (κ3) is 5.44.